The molecule has 0 atom stereocenters. The summed E-state index contributed by atoms with van der Waals surface area (Å²) in [6.45, 7) is 6.82. The molecule has 0 aliphatic carbocycles. The number of nitrogens with zero attached hydrogens (tertiary/aromatic N) is 3. The Kier molecular flexibility index (Phi) is 5.37. The molecule has 0 aliphatic rings. The first kappa shape index (κ1) is 14.8. The Balaban J connectivity index is 1.82. The minimum absolute atomic E-state index is 0.00536. The Hall–Kier alpha value is -1.60. The highest BCUT2D eigenvalue weighted by atomic mass is 32.2. The van der Waals surface area contributed by atoms with E-state index in [1.54, 1.807) is 17.4 Å². The largest absolute Gasteiger partial charge is 0.350 e. The average Bonchev–Trinajstić information content (AvgIpc) is 3.06. The molecule has 1 N–H and O–H groups in total. The van der Waals surface area contributed by atoms with E-state index in [-0.39, 0.29) is 5.91 Å². The first-order valence-corrected chi connectivity index (χ1v) is 8.00. The minimum atomic E-state index is -0.00536. The third-order valence-electron chi connectivity index (χ3n) is 2.59. The lowest BCUT2D eigenvalue weighted by Crippen LogP contribution is -2.24. The van der Waals surface area contributed by atoms with Crippen molar-refractivity contribution in [2.24, 2.45) is 0 Å². The molecule has 0 unspecified atom stereocenters. The molecule has 20 heavy (non-hydrogen) atoms. The van der Waals surface area contributed by atoms with Gasteiger partial charge in [0.1, 0.15) is 5.82 Å². The minimum Gasteiger partial charge on any atom is -0.350 e. The first-order chi connectivity index (χ1) is 9.70. The normalized spacial score (nSPS) is 10.4. The number of nitrogens with one attached hydrogen (secondary N) is 1. The zero-order valence-electron chi connectivity index (χ0n) is 11.2. The van der Waals surface area contributed by atoms with Crippen molar-refractivity contribution in [1.29, 1.82) is 0 Å². The van der Waals surface area contributed by atoms with Crippen molar-refractivity contribution in [2.45, 2.75) is 25.2 Å². The number of aryl methyl sites for hydroxylation is 1. The molecule has 0 bridgehead atoms. The molecule has 0 spiro atoms. The maximum Gasteiger partial charge on any atom is 0.230 e. The quantitative estimate of drug-likeness (QED) is 0.629. The number of thioether (sulfide) groups is 1. The highest BCUT2D eigenvalue weighted by Gasteiger charge is 2.10. The van der Waals surface area contributed by atoms with Gasteiger partial charge in [0.15, 0.2) is 5.16 Å². The first-order valence-electron chi connectivity index (χ1n) is 6.13. The van der Waals surface area contributed by atoms with E-state index < -0.39 is 0 Å². The number of carbonyl (C=O) groups is 1. The van der Waals surface area contributed by atoms with Gasteiger partial charge in [0.25, 0.3) is 0 Å². The lowest BCUT2D eigenvalue weighted by atomic mass is 10.4. The summed E-state index contributed by atoms with van der Waals surface area (Å²) in [4.78, 5) is 12.9. The molecular formula is C13H16N4OS2. The molecule has 0 saturated heterocycles. The van der Waals surface area contributed by atoms with Crippen molar-refractivity contribution in [3.05, 3.63) is 40.9 Å². The third kappa shape index (κ3) is 3.94. The third-order valence-corrected chi connectivity index (χ3v) is 4.43. The van der Waals surface area contributed by atoms with E-state index in [1.807, 2.05) is 29.0 Å². The Morgan fingerprint density at radius 1 is 1.60 bits per heavy atom. The molecule has 0 aliphatic heterocycles. The molecule has 106 valence electrons. The van der Waals surface area contributed by atoms with Crippen LogP contribution in [0.1, 0.15) is 10.7 Å². The van der Waals surface area contributed by atoms with Crippen LogP contribution in [0.5, 0.6) is 0 Å². The van der Waals surface area contributed by atoms with Gasteiger partial charge in [-0.15, -0.1) is 28.1 Å². The Morgan fingerprint density at radius 2 is 2.45 bits per heavy atom. The lowest BCUT2D eigenvalue weighted by molar-refractivity contribution is -0.118. The Labute approximate surface area is 126 Å². The van der Waals surface area contributed by atoms with Crippen LogP contribution in [0.15, 0.2) is 35.3 Å². The van der Waals surface area contributed by atoms with E-state index in [0.29, 0.717) is 18.8 Å². The maximum atomic E-state index is 11.8. The maximum absolute atomic E-state index is 11.8. The monoisotopic (exact) mass is 308 g/mol. The predicted octanol–water partition coefficient (Wildman–Crippen LogP) is 2.24. The second-order valence-electron chi connectivity index (χ2n) is 4.07. The molecule has 5 nitrogen and oxygen atoms in total. The van der Waals surface area contributed by atoms with Gasteiger partial charge in [-0.3, -0.25) is 4.79 Å². The molecule has 2 aromatic rings. The SMILES string of the molecule is C=CCn1c(C)nnc1SCC(=O)NCc1cccs1. The molecule has 0 saturated carbocycles. The van der Waals surface area contributed by atoms with Crippen LogP contribution in [0.25, 0.3) is 0 Å². The summed E-state index contributed by atoms with van der Waals surface area (Å²) in [5, 5.41) is 13.7. The van der Waals surface area contributed by atoms with Crippen LogP contribution < -0.4 is 5.32 Å². The van der Waals surface area contributed by atoms with Gasteiger partial charge in [-0.25, -0.2) is 0 Å². The number of hydrogen-bond acceptors (Lipinski definition) is 5. The van der Waals surface area contributed by atoms with Crippen LogP contribution in [-0.4, -0.2) is 26.4 Å². The summed E-state index contributed by atoms with van der Waals surface area (Å²) in [6, 6.07) is 3.98. The van der Waals surface area contributed by atoms with Crippen LogP contribution in [0, 0.1) is 6.92 Å². The lowest BCUT2D eigenvalue weighted by Gasteiger charge is -2.05. The zero-order valence-corrected chi connectivity index (χ0v) is 12.8. The fourth-order valence-corrected chi connectivity index (χ4v) is 3.06. The fraction of sp³-hybridized carbons (Fsp3) is 0.308. The van der Waals surface area contributed by atoms with Gasteiger partial charge in [-0.2, -0.15) is 0 Å². The molecule has 2 aromatic heterocycles. The molecule has 1 amide bonds. The highest BCUT2D eigenvalue weighted by Crippen LogP contribution is 2.16. The summed E-state index contributed by atoms with van der Waals surface area (Å²) < 4.78 is 1.93. The average molecular weight is 308 g/mol. The second kappa shape index (κ2) is 7.25. The van der Waals surface area contributed by atoms with E-state index in [0.717, 1.165) is 15.9 Å². The number of aromatic nitrogens is 3. The van der Waals surface area contributed by atoms with Crippen molar-refractivity contribution >= 4 is 29.0 Å². The van der Waals surface area contributed by atoms with E-state index in [2.05, 4.69) is 22.1 Å². The Morgan fingerprint density at radius 3 is 3.15 bits per heavy atom. The van der Waals surface area contributed by atoms with Gasteiger partial charge in [0, 0.05) is 11.4 Å². The topological polar surface area (TPSA) is 59.8 Å². The molecular weight excluding hydrogens is 292 g/mol. The van der Waals surface area contributed by atoms with Crippen molar-refractivity contribution in [3.63, 3.8) is 0 Å². The van der Waals surface area contributed by atoms with Gasteiger partial charge in [-0.1, -0.05) is 23.9 Å². The van der Waals surface area contributed by atoms with Crippen molar-refractivity contribution in [1.82, 2.24) is 20.1 Å². The molecule has 7 heteroatoms. The summed E-state index contributed by atoms with van der Waals surface area (Å²) in [5.74, 6) is 1.15. The van der Waals surface area contributed by atoms with Gasteiger partial charge in [0.2, 0.25) is 5.91 Å². The van der Waals surface area contributed by atoms with Crippen LogP contribution in [-0.2, 0) is 17.9 Å². The van der Waals surface area contributed by atoms with Crippen molar-refractivity contribution in [3.8, 4) is 0 Å². The number of carbonyl (C=O) groups excluding carboxylic acids is 1. The van der Waals surface area contributed by atoms with Gasteiger partial charge < -0.3 is 9.88 Å². The van der Waals surface area contributed by atoms with Crippen LogP contribution in [0.2, 0.25) is 0 Å². The molecule has 0 aromatic carbocycles. The zero-order chi connectivity index (χ0) is 14.4. The van der Waals surface area contributed by atoms with Crippen molar-refractivity contribution in [2.75, 3.05) is 5.75 Å². The number of allylic oxidation sites excluding steroid dienone is 1. The highest BCUT2D eigenvalue weighted by molar-refractivity contribution is 7.99. The summed E-state index contributed by atoms with van der Waals surface area (Å²) in [7, 11) is 0. The summed E-state index contributed by atoms with van der Waals surface area (Å²) in [6.07, 6.45) is 1.79. The van der Waals surface area contributed by atoms with E-state index in [9.17, 15) is 4.79 Å². The predicted molar refractivity (Wildman–Crippen MR) is 81.8 cm³/mol. The number of thiophene rings is 1. The van der Waals surface area contributed by atoms with Gasteiger partial charge in [-0.05, 0) is 18.4 Å². The van der Waals surface area contributed by atoms with Gasteiger partial charge in [0.05, 0.1) is 12.3 Å². The smallest absolute Gasteiger partial charge is 0.230 e. The summed E-state index contributed by atoms with van der Waals surface area (Å²) in [5.41, 5.74) is 0. The standard InChI is InChI=1S/C13H16N4OS2/c1-3-6-17-10(2)15-16-13(17)20-9-12(18)14-8-11-5-4-7-19-11/h3-5,7H,1,6,8-9H2,2H3,(H,14,18). The second-order valence-corrected chi connectivity index (χ2v) is 6.05. The number of amides is 1. The number of rotatable bonds is 7. The fourth-order valence-electron chi connectivity index (χ4n) is 1.59. The molecule has 2 heterocycles. The molecule has 2 rings (SSSR count). The molecule has 0 fully saturated rings. The van der Waals surface area contributed by atoms with Crippen LogP contribution in [0.3, 0.4) is 0 Å². The number of hydrogen-bond donors (Lipinski definition) is 1. The van der Waals surface area contributed by atoms with Crippen LogP contribution in [0.4, 0.5) is 0 Å². The van der Waals surface area contributed by atoms with Crippen molar-refractivity contribution < 1.29 is 4.79 Å². The summed E-state index contributed by atoms with van der Waals surface area (Å²) >= 11 is 3.02. The van der Waals surface area contributed by atoms with Gasteiger partial charge >= 0.3 is 0 Å². The Bertz CT molecular complexity index is 577. The van der Waals surface area contributed by atoms with E-state index in [1.165, 1.54) is 11.8 Å². The van der Waals surface area contributed by atoms with E-state index in [4.69, 9.17) is 0 Å². The van der Waals surface area contributed by atoms with E-state index >= 15 is 0 Å². The van der Waals surface area contributed by atoms with Crippen LogP contribution >= 0.6 is 23.1 Å². The molecule has 0 radical (unpaired) electrons.